The van der Waals surface area contributed by atoms with E-state index in [2.05, 4.69) is 16.9 Å². The number of aryl methyl sites for hydroxylation is 1. The summed E-state index contributed by atoms with van der Waals surface area (Å²) in [6, 6.07) is 1.36. The minimum absolute atomic E-state index is 0.168. The molecule has 0 aliphatic carbocycles. The Morgan fingerprint density at radius 2 is 2.38 bits per heavy atom. The summed E-state index contributed by atoms with van der Waals surface area (Å²) in [6.45, 7) is 4.43. The minimum atomic E-state index is -0.168. The van der Waals surface area contributed by atoms with Crippen LogP contribution < -0.4 is 10.3 Å². The van der Waals surface area contributed by atoms with Gasteiger partial charge in [0.1, 0.15) is 5.82 Å². The Morgan fingerprint density at radius 1 is 1.62 bits per heavy atom. The molecule has 4 nitrogen and oxygen atoms in total. The number of hydrogen-bond donors (Lipinski definition) is 1. The molecule has 0 saturated carbocycles. The highest BCUT2D eigenvalue weighted by molar-refractivity contribution is 5.07. The van der Waals surface area contributed by atoms with Gasteiger partial charge in [0.2, 0.25) is 5.88 Å². The fraction of sp³-hybridized carbons (Fsp3) is 0.556. The average Bonchev–Trinajstić information content (AvgIpc) is 2.03. The van der Waals surface area contributed by atoms with E-state index in [1.807, 2.05) is 0 Å². The highest BCUT2D eigenvalue weighted by Gasteiger charge is 1.97. The van der Waals surface area contributed by atoms with Gasteiger partial charge in [-0.05, 0) is 13.3 Å². The molecule has 13 heavy (non-hydrogen) atoms. The minimum Gasteiger partial charge on any atom is -0.477 e. The maximum atomic E-state index is 11.0. The summed E-state index contributed by atoms with van der Waals surface area (Å²) in [6.07, 6.45) is 2.05. The van der Waals surface area contributed by atoms with E-state index in [1.54, 1.807) is 6.92 Å². The molecule has 1 aromatic heterocycles. The maximum Gasteiger partial charge on any atom is 0.254 e. The predicted octanol–water partition coefficient (Wildman–Crippen LogP) is 1.26. The standard InChI is InChI=1S/C9H14N2O2/c1-3-4-5-13-9-6-8(12)10-7(2)11-9/h6H,3-5H2,1-2H3,(H,10,11,12). The highest BCUT2D eigenvalue weighted by Crippen LogP contribution is 2.02. The molecule has 72 valence electrons. The van der Waals surface area contributed by atoms with Gasteiger partial charge in [-0.15, -0.1) is 0 Å². The monoisotopic (exact) mass is 182 g/mol. The quantitative estimate of drug-likeness (QED) is 0.713. The van der Waals surface area contributed by atoms with E-state index >= 15 is 0 Å². The van der Waals surface area contributed by atoms with Gasteiger partial charge in [0.25, 0.3) is 5.56 Å². The van der Waals surface area contributed by atoms with Crippen LogP contribution in [-0.2, 0) is 0 Å². The lowest BCUT2D eigenvalue weighted by molar-refractivity contribution is 0.296. The van der Waals surface area contributed by atoms with E-state index in [1.165, 1.54) is 6.07 Å². The summed E-state index contributed by atoms with van der Waals surface area (Å²) in [4.78, 5) is 17.6. The van der Waals surface area contributed by atoms with Gasteiger partial charge in [-0.1, -0.05) is 13.3 Å². The van der Waals surface area contributed by atoms with Gasteiger partial charge in [-0.3, -0.25) is 4.79 Å². The van der Waals surface area contributed by atoms with E-state index in [4.69, 9.17) is 4.74 Å². The number of nitrogens with zero attached hydrogens (tertiary/aromatic N) is 1. The first kappa shape index (κ1) is 9.77. The van der Waals surface area contributed by atoms with Crippen LogP contribution in [0.15, 0.2) is 10.9 Å². The fourth-order valence-electron chi connectivity index (χ4n) is 0.947. The molecule has 0 aromatic carbocycles. The van der Waals surface area contributed by atoms with E-state index in [0.717, 1.165) is 12.8 Å². The third kappa shape index (κ3) is 3.27. The van der Waals surface area contributed by atoms with Crippen LogP contribution in [0, 0.1) is 6.92 Å². The Hall–Kier alpha value is -1.32. The van der Waals surface area contributed by atoms with Crippen molar-refractivity contribution >= 4 is 0 Å². The number of unbranched alkanes of at least 4 members (excludes halogenated alkanes) is 1. The first-order valence-corrected chi connectivity index (χ1v) is 4.43. The van der Waals surface area contributed by atoms with Crippen LogP contribution in [0.2, 0.25) is 0 Å². The third-order valence-corrected chi connectivity index (χ3v) is 1.58. The lowest BCUT2D eigenvalue weighted by Crippen LogP contribution is -2.10. The largest absolute Gasteiger partial charge is 0.477 e. The maximum absolute atomic E-state index is 11.0. The average molecular weight is 182 g/mol. The van der Waals surface area contributed by atoms with E-state index in [0.29, 0.717) is 18.3 Å². The molecule has 0 atom stereocenters. The summed E-state index contributed by atoms with van der Waals surface area (Å²) in [7, 11) is 0. The number of aromatic nitrogens is 2. The normalized spacial score (nSPS) is 10.0. The van der Waals surface area contributed by atoms with Crippen LogP contribution in [0.25, 0.3) is 0 Å². The lowest BCUT2D eigenvalue weighted by atomic mass is 10.4. The molecule has 4 heteroatoms. The first-order chi connectivity index (χ1) is 6.22. The molecule has 0 saturated heterocycles. The predicted molar refractivity (Wildman–Crippen MR) is 50.0 cm³/mol. The molecule has 0 bridgehead atoms. The van der Waals surface area contributed by atoms with E-state index < -0.39 is 0 Å². The highest BCUT2D eigenvalue weighted by atomic mass is 16.5. The van der Waals surface area contributed by atoms with Crippen molar-refractivity contribution in [1.82, 2.24) is 9.97 Å². The Morgan fingerprint density at radius 3 is 3.00 bits per heavy atom. The van der Waals surface area contributed by atoms with Crippen molar-refractivity contribution in [2.75, 3.05) is 6.61 Å². The molecule has 1 rings (SSSR count). The van der Waals surface area contributed by atoms with Gasteiger partial charge < -0.3 is 9.72 Å². The van der Waals surface area contributed by atoms with Gasteiger partial charge in [-0.2, -0.15) is 0 Å². The van der Waals surface area contributed by atoms with Crippen molar-refractivity contribution in [3.05, 3.63) is 22.2 Å². The molecule has 0 radical (unpaired) electrons. The van der Waals surface area contributed by atoms with Crippen molar-refractivity contribution in [2.45, 2.75) is 26.7 Å². The van der Waals surface area contributed by atoms with Gasteiger partial charge in [0, 0.05) is 0 Å². The Bertz CT molecular complexity index is 320. The summed E-state index contributed by atoms with van der Waals surface area (Å²) >= 11 is 0. The second-order valence-corrected chi connectivity index (χ2v) is 2.87. The van der Waals surface area contributed by atoms with Crippen molar-refractivity contribution in [2.24, 2.45) is 0 Å². The number of hydrogen-bond acceptors (Lipinski definition) is 3. The van der Waals surface area contributed by atoms with Crippen molar-refractivity contribution in [1.29, 1.82) is 0 Å². The number of ether oxygens (including phenoxy) is 1. The summed E-state index contributed by atoms with van der Waals surface area (Å²) in [5.74, 6) is 0.994. The molecule has 1 heterocycles. The first-order valence-electron chi connectivity index (χ1n) is 4.43. The molecular weight excluding hydrogens is 168 g/mol. The van der Waals surface area contributed by atoms with Crippen LogP contribution in [0.3, 0.4) is 0 Å². The molecule has 0 unspecified atom stereocenters. The Labute approximate surface area is 77.0 Å². The molecule has 0 aliphatic rings. The smallest absolute Gasteiger partial charge is 0.254 e. The van der Waals surface area contributed by atoms with Gasteiger partial charge in [0.05, 0.1) is 12.7 Å². The number of nitrogens with one attached hydrogen (secondary N) is 1. The summed E-state index contributed by atoms with van der Waals surface area (Å²) < 4.78 is 5.28. The zero-order valence-electron chi connectivity index (χ0n) is 7.96. The van der Waals surface area contributed by atoms with Crippen molar-refractivity contribution < 1.29 is 4.74 Å². The molecule has 1 N–H and O–H groups in total. The second-order valence-electron chi connectivity index (χ2n) is 2.87. The van der Waals surface area contributed by atoms with Crippen molar-refractivity contribution in [3.8, 4) is 5.88 Å². The number of rotatable bonds is 4. The topological polar surface area (TPSA) is 55.0 Å². The molecule has 0 spiro atoms. The van der Waals surface area contributed by atoms with Crippen molar-refractivity contribution in [3.63, 3.8) is 0 Å². The Balaban J connectivity index is 2.61. The van der Waals surface area contributed by atoms with Crippen LogP contribution in [0.1, 0.15) is 25.6 Å². The molecule has 0 amide bonds. The van der Waals surface area contributed by atoms with Gasteiger partial charge in [-0.25, -0.2) is 4.98 Å². The lowest BCUT2D eigenvalue weighted by Gasteiger charge is -2.03. The second kappa shape index (κ2) is 4.64. The van der Waals surface area contributed by atoms with Crippen LogP contribution in [-0.4, -0.2) is 16.6 Å². The van der Waals surface area contributed by atoms with E-state index in [9.17, 15) is 4.79 Å². The van der Waals surface area contributed by atoms with Gasteiger partial charge in [0.15, 0.2) is 0 Å². The molecule has 0 aliphatic heterocycles. The Kier molecular flexibility index (Phi) is 3.49. The zero-order chi connectivity index (χ0) is 9.68. The van der Waals surface area contributed by atoms with Gasteiger partial charge >= 0.3 is 0 Å². The van der Waals surface area contributed by atoms with Crippen LogP contribution in [0.4, 0.5) is 0 Å². The van der Waals surface area contributed by atoms with E-state index in [-0.39, 0.29) is 5.56 Å². The fourth-order valence-corrected chi connectivity index (χ4v) is 0.947. The molecular formula is C9H14N2O2. The van der Waals surface area contributed by atoms with Crippen LogP contribution in [0.5, 0.6) is 5.88 Å². The zero-order valence-corrected chi connectivity index (χ0v) is 7.96. The third-order valence-electron chi connectivity index (χ3n) is 1.58. The molecule has 0 fully saturated rings. The summed E-state index contributed by atoms with van der Waals surface area (Å²) in [5, 5.41) is 0. The molecule has 1 aromatic rings. The summed E-state index contributed by atoms with van der Waals surface area (Å²) in [5.41, 5.74) is -0.168. The number of aromatic amines is 1. The number of H-pyrrole nitrogens is 1. The SMILES string of the molecule is CCCCOc1cc(=O)[nH]c(C)n1. The van der Waals surface area contributed by atoms with Crippen LogP contribution >= 0.6 is 0 Å².